The first kappa shape index (κ1) is 18.9. The number of urea groups is 1. The molecule has 0 bridgehead atoms. The number of imide groups is 1. The molecule has 1 aromatic carbocycles. The van der Waals surface area contributed by atoms with Crippen LogP contribution in [0.3, 0.4) is 0 Å². The van der Waals surface area contributed by atoms with Crippen molar-refractivity contribution in [1.82, 2.24) is 9.80 Å². The molecule has 1 fully saturated rings. The third-order valence-electron chi connectivity index (χ3n) is 4.95. The number of carbonyl (C=O) groups is 4. The van der Waals surface area contributed by atoms with Crippen LogP contribution in [0.1, 0.15) is 47.4 Å². The van der Waals surface area contributed by atoms with Gasteiger partial charge in [-0.25, -0.2) is 4.79 Å². The predicted octanol–water partition coefficient (Wildman–Crippen LogP) is 1.67. The largest absolute Gasteiger partial charge is 0.369 e. The summed E-state index contributed by atoms with van der Waals surface area (Å²) in [6.07, 6.45) is 1.09. The molecule has 0 aromatic heterocycles. The lowest BCUT2D eigenvalue weighted by atomic mass is 9.96. The topological polar surface area (TPSA) is 113 Å². The third kappa shape index (κ3) is 3.79. The SMILES string of the molecule is CC(C)CN1C(=O)c2ccc(NC(=O)N3CCC(C(N)=O)CC3)cc2C1=O. The Balaban J connectivity index is 1.68. The van der Waals surface area contributed by atoms with Crippen LogP contribution in [0.5, 0.6) is 0 Å². The monoisotopic (exact) mass is 372 g/mol. The fraction of sp³-hybridized carbons (Fsp3) is 0.474. The lowest BCUT2D eigenvalue weighted by Crippen LogP contribution is -2.43. The molecule has 27 heavy (non-hydrogen) atoms. The van der Waals surface area contributed by atoms with Gasteiger partial charge in [-0.15, -0.1) is 0 Å². The second-order valence-electron chi connectivity index (χ2n) is 7.47. The van der Waals surface area contributed by atoms with Crippen LogP contribution in [-0.2, 0) is 4.79 Å². The Kier molecular flexibility index (Phi) is 5.16. The van der Waals surface area contributed by atoms with Crippen LogP contribution in [-0.4, -0.2) is 53.2 Å². The number of anilines is 1. The molecule has 1 saturated heterocycles. The minimum absolute atomic E-state index is 0.176. The number of likely N-dealkylation sites (tertiary alicyclic amines) is 1. The second kappa shape index (κ2) is 7.38. The van der Waals surface area contributed by atoms with E-state index >= 15 is 0 Å². The highest BCUT2D eigenvalue weighted by molar-refractivity contribution is 6.21. The van der Waals surface area contributed by atoms with E-state index in [0.717, 1.165) is 0 Å². The maximum absolute atomic E-state index is 12.5. The Hall–Kier alpha value is -2.90. The van der Waals surface area contributed by atoms with Crippen molar-refractivity contribution < 1.29 is 19.2 Å². The van der Waals surface area contributed by atoms with Crippen LogP contribution in [0.4, 0.5) is 10.5 Å². The van der Waals surface area contributed by atoms with Gasteiger partial charge in [-0.05, 0) is 37.0 Å². The number of benzene rings is 1. The highest BCUT2D eigenvalue weighted by Gasteiger charge is 2.36. The molecule has 5 amide bonds. The molecule has 3 N–H and O–H groups in total. The van der Waals surface area contributed by atoms with Crippen molar-refractivity contribution in [1.29, 1.82) is 0 Å². The first-order valence-corrected chi connectivity index (χ1v) is 9.13. The number of nitrogens with one attached hydrogen (secondary N) is 1. The van der Waals surface area contributed by atoms with Gasteiger partial charge in [0.05, 0.1) is 11.1 Å². The highest BCUT2D eigenvalue weighted by Crippen LogP contribution is 2.27. The van der Waals surface area contributed by atoms with Crippen LogP contribution in [0.2, 0.25) is 0 Å². The second-order valence-corrected chi connectivity index (χ2v) is 7.47. The summed E-state index contributed by atoms with van der Waals surface area (Å²) >= 11 is 0. The zero-order chi connectivity index (χ0) is 19.7. The molecular formula is C19H24N4O4. The number of nitrogens with zero attached hydrogens (tertiary/aromatic N) is 2. The van der Waals surface area contributed by atoms with Crippen LogP contribution in [0, 0.1) is 11.8 Å². The zero-order valence-electron chi connectivity index (χ0n) is 15.5. The smallest absolute Gasteiger partial charge is 0.321 e. The Morgan fingerprint density at radius 1 is 1.15 bits per heavy atom. The average molecular weight is 372 g/mol. The predicted molar refractivity (Wildman–Crippen MR) is 99.2 cm³/mol. The van der Waals surface area contributed by atoms with Gasteiger partial charge in [-0.2, -0.15) is 0 Å². The number of carbonyl (C=O) groups excluding carboxylic acids is 4. The average Bonchev–Trinajstić information content (AvgIpc) is 2.86. The standard InChI is InChI=1S/C19H24N4O4/c1-11(2)10-23-17(25)14-4-3-13(9-15(14)18(23)26)21-19(27)22-7-5-12(6-8-22)16(20)24/h3-4,9,11-12H,5-8,10H2,1-2H3,(H2,20,24)(H,21,27). The number of amides is 5. The summed E-state index contributed by atoms with van der Waals surface area (Å²) in [6.45, 7) is 5.14. The van der Waals surface area contributed by atoms with Crippen LogP contribution in [0.25, 0.3) is 0 Å². The highest BCUT2D eigenvalue weighted by atomic mass is 16.2. The molecule has 0 atom stereocenters. The van der Waals surface area contributed by atoms with E-state index in [1.165, 1.54) is 4.90 Å². The lowest BCUT2D eigenvalue weighted by molar-refractivity contribution is -0.122. The van der Waals surface area contributed by atoms with Gasteiger partial charge in [0.25, 0.3) is 11.8 Å². The molecule has 2 heterocycles. The Morgan fingerprint density at radius 3 is 2.37 bits per heavy atom. The Bertz CT molecular complexity index is 797. The number of hydrogen-bond donors (Lipinski definition) is 2. The molecule has 0 saturated carbocycles. The van der Waals surface area contributed by atoms with Crippen molar-refractivity contribution in [2.75, 3.05) is 25.0 Å². The molecule has 0 spiro atoms. The molecule has 144 valence electrons. The van der Waals surface area contributed by atoms with Crippen molar-refractivity contribution in [2.24, 2.45) is 17.6 Å². The van der Waals surface area contributed by atoms with Crippen molar-refractivity contribution >= 4 is 29.4 Å². The maximum Gasteiger partial charge on any atom is 0.321 e. The van der Waals surface area contributed by atoms with Crippen LogP contribution >= 0.6 is 0 Å². The van der Waals surface area contributed by atoms with E-state index in [-0.39, 0.29) is 35.6 Å². The van der Waals surface area contributed by atoms with Gasteiger partial charge in [0.15, 0.2) is 0 Å². The van der Waals surface area contributed by atoms with Crippen molar-refractivity contribution in [2.45, 2.75) is 26.7 Å². The van der Waals surface area contributed by atoms with Crippen LogP contribution < -0.4 is 11.1 Å². The Labute approximate surface area is 157 Å². The number of piperidine rings is 1. The first-order valence-electron chi connectivity index (χ1n) is 9.13. The van der Waals surface area contributed by atoms with Gasteiger partial charge in [-0.1, -0.05) is 13.8 Å². The quantitative estimate of drug-likeness (QED) is 0.783. The van der Waals surface area contributed by atoms with Gasteiger partial charge in [0, 0.05) is 31.2 Å². The summed E-state index contributed by atoms with van der Waals surface area (Å²) < 4.78 is 0. The van der Waals surface area contributed by atoms with Crippen molar-refractivity contribution in [3.8, 4) is 0 Å². The van der Waals surface area contributed by atoms with E-state index in [2.05, 4.69) is 5.32 Å². The number of fused-ring (bicyclic) bond motifs is 1. The zero-order valence-corrected chi connectivity index (χ0v) is 15.5. The van der Waals surface area contributed by atoms with E-state index in [1.807, 2.05) is 13.8 Å². The van der Waals surface area contributed by atoms with Crippen LogP contribution in [0.15, 0.2) is 18.2 Å². The molecule has 8 nitrogen and oxygen atoms in total. The fourth-order valence-corrected chi connectivity index (χ4v) is 3.47. The van der Waals surface area contributed by atoms with E-state index in [1.54, 1.807) is 23.1 Å². The summed E-state index contributed by atoms with van der Waals surface area (Å²) in [5.74, 6) is -0.973. The number of nitrogens with two attached hydrogens (primary N) is 1. The molecule has 0 radical (unpaired) electrons. The normalized spacial score (nSPS) is 17.4. The van der Waals surface area contributed by atoms with Gasteiger partial charge in [0.2, 0.25) is 5.91 Å². The molecule has 2 aliphatic heterocycles. The molecule has 3 rings (SSSR count). The number of rotatable bonds is 4. The number of primary amides is 1. The first-order chi connectivity index (χ1) is 12.8. The number of hydrogen-bond acceptors (Lipinski definition) is 4. The summed E-state index contributed by atoms with van der Waals surface area (Å²) in [5.41, 5.74) is 6.44. The van der Waals surface area contributed by atoms with E-state index in [9.17, 15) is 19.2 Å². The third-order valence-corrected chi connectivity index (χ3v) is 4.95. The van der Waals surface area contributed by atoms with Crippen molar-refractivity contribution in [3.05, 3.63) is 29.3 Å². The molecule has 2 aliphatic rings. The molecule has 0 aliphatic carbocycles. The van der Waals surface area contributed by atoms with Gasteiger partial charge in [0.1, 0.15) is 0 Å². The maximum atomic E-state index is 12.5. The van der Waals surface area contributed by atoms with Crippen molar-refractivity contribution in [3.63, 3.8) is 0 Å². The molecule has 8 heteroatoms. The van der Waals surface area contributed by atoms with Gasteiger partial charge in [-0.3, -0.25) is 19.3 Å². The fourth-order valence-electron chi connectivity index (χ4n) is 3.47. The summed E-state index contributed by atoms with van der Waals surface area (Å²) in [6, 6.07) is 4.44. The summed E-state index contributed by atoms with van der Waals surface area (Å²) in [5, 5.41) is 2.77. The van der Waals surface area contributed by atoms with E-state index < -0.39 is 0 Å². The minimum Gasteiger partial charge on any atom is -0.369 e. The summed E-state index contributed by atoms with van der Waals surface area (Å²) in [7, 11) is 0. The molecular weight excluding hydrogens is 348 g/mol. The lowest BCUT2D eigenvalue weighted by Gasteiger charge is -2.30. The Morgan fingerprint density at radius 2 is 1.78 bits per heavy atom. The molecule has 1 aromatic rings. The van der Waals surface area contributed by atoms with Gasteiger partial charge < -0.3 is 16.0 Å². The van der Waals surface area contributed by atoms with Gasteiger partial charge >= 0.3 is 6.03 Å². The van der Waals surface area contributed by atoms with E-state index in [4.69, 9.17) is 5.73 Å². The minimum atomic E-state index is -0.331. The summed E-state index contributed by atoms with van der Waals surface area (Å²) in [4.78, 5) is 51.4. The van der Waals surface area contributed by atoms with E-state index in [0.29, 0.717) is 49.3 Å². The molecule has 0 unspecified atom stereocenters.